The quantitative estimate of drug-likeness (QED) is 0.630. The zero-order valence-electron chi connectivity index (χ0n) is 12.8. The van der Waals surface area contributed by atoms with Crippen LogP contribution in [0.15, 0.2) is 71.2 Å². The second-order valence-corrected chi connectivity index (χ2v) is 6.56. The fraction of sp³-hybridized carbons (Fsp3) is 0.0526. The minimum Gasteiger partial charge on any atom is -0.331 e. The van der Waals surface area contributed by atoms with Crippen molar-refractivity contribution in [1.29, 1.82) is 0 Å². The predicted molar refractivity (Wildman–Crippen MR) is 106 cm³/mol. The van der Waals surface area contributed by atoms with Gasteiger partial charge in [-0.05, 0) is 56.6 Å². The van der Waals surface area contributed by atoms with Crippen LogP contribution in [0.4, 0.5) is 5.69 Å². The number of rotatable bonds is 3. The summed E-state index contributed by atoms with van der Waals surface area (Å²) in [5.41, 5.74) is 1.79. The molecule has 0 atom stereocenters. The molecule has 0 radical (unpaired) electrons. The van der Waals surface area contributed by atoms with E-state index in [1.807, 2.05) is 66.7 Å². The molecule has 0 bridgehead atoms. The van der Waals surface area contributed by atoms with Crippen molar-refractivity contribution in [3.05, 3.63) is 76.8 Å². The minimum absolute atomic E-state index is 0.143. The van der Waals surface area contributed by atoms with E-state index in [-0.39, 0.29) is 17.4 Å². The van der Waals surface area contributed by atoms with Gasteiger partial charge < -0.3 is 10.6 Å². The van der Waals surface area contributed by atoms with E-state index < -0.39 is 0 Å². The number of hydrogen-bond acceptors (Lipinski definition) is 2. The zero-order chi connectivity index (χ0) is 16.9. The summed E-state index contributed by atoms with van der Waals surface area (Å²) in [4.78, 5) is 12.3. The summed E-state index contributed by atoms with van der Waals surface area (Å²) in [6.07, 6.45) is 0.277. The smallest absolute Gasteiger partial charge is 0.230 e. The molecular formula is C19H15BrN2OS. The van der Waals surface area contributed by atoms with Crippen molar-refractivity contribution in [2.45, 2.75) is 6.42 Å². The Hall–Kier alpha value is -2.24. The number of hydrogen-bond donors (Lipinski definition) is 2. The van der Waals surface area contributed by atoms with Crippen molar-refractivity contribution in [2.24, 2.45) is 0 Å². The molecule has 0 unspecified atom stereocenters. The Kier molecular flexibility index (Phi) is 5.23. The maximum Gasteiger partial charge on any atom is 0.230 e. The molecule has 24 heavy (non-hydrogen) atoms. The van der Waals surface area contributed by atoms with Crippen LogP contribution in [0.2, 0.25) is 0 Å². The summed E-state index contributed by atoms with van der Waals surface area (Å²) >= 11 is 8.66. The lowest BCUT2D eigenvalue weighted by Crippen LogP contribution is -2.35. The van der Waals surface area contributed by atoms with Gasteiger partial charge in [-0.2, -0.15) is 0 Å². The minimum atomic E-state index is -0.143. The average Bonchev–Trinajstić information content (AvgIpc) is 2.57. The lowest BCUT2D eigenvalue weighted by molar-refractivity contribution is -0.119. The van der Waals surface area contributed by atoms with E-state index in [1.165, 1.54) is 0 Å². The summed E-state index contributed by atoms with van der Waals surface area (Å²) in [6.45, 7) is 0. The Morgan fingerprint density at radius 3 is 2.50 bits per heavy atom. The van der Waals surface area contributed by atoms with E-state index in [1.54, 1.807) is 0 Å². The first-order valence-corrected chi connectivity index (χ1v) is 8.65. The highest BCUT2D eigenvalue weighted by Crippen LogP contribution is 2.21. The van der Waals surface area contributed by atoms with Gasteiger partial charge in [0.05, 0.1) is 12.1 Å². The summed E-state index contributed by atoms with van der Waals surface area (Å²) < 4.78 is 0.885. The van der Waals surface area contributed by atoms with Crippen LogP contribution in [-0.2, 0) is 11.2 Å². The first-order chi connectivity index (χ1) is 11.6. The van der Waals surface area contributed by atoms with Crippen molar-refractivity contribution in [3.8, 4) is 0 Å². The zero-order valence-corrected chi connectivity index (χ0v) is 15.2. The molecule has 3 rings (SSSR count). The van der Waals surface area contributed by atoms with Crippen molar-refractivity contribution >= 4 is 55.6 Å². The Morgan fingerprint density at radius 1 is 0.958 bits per heavy atom. The average molecular weight is 399 g/mol. The number of nitrogens with one attached hydrogen (secondary N) is 2. The third kappa shape index (κ3) is 3.99. The largest absolute Gasteiger partial charge is 0.331 e. The molecule has 3 nitrogen and oxygen atoms in total. The van der Waals surface area contributed by atoms with Crippen LogP contribution in [0, 0.1) is 0 Å². The Morgan fingerprint density at radius 2 is 1.67 bits per heavy atom. The summed E-state index contributed by atoms with van der Waals surface area (Å²) in [5.74, 6) is -0.143. The number of halogens is 1. The van der Waals surface area contributed by atoms with Gasteiger partial charge in [-0.3, -0.25) is 4.79 Å². The topological polar surface area (TPSA) is 41.1 Å². The predicted octanol–water partition coefficient (Wildman–Crippen LogP) is 4.66. The van der Waals surface area contributed by atoms with Gasteiger partial charge in [0.1, 0.15) is 0 Å². The molecule has 0 saturated carbocycles. The van der Waals surface area contributed by atoms with Gasteiger partial charge in [0, 0.05) is 4.47 Å². The van der Waals surface area contributed by atoms with E-state index in [0.29, 0.717) is 0 Å². The second-order valence-electron chi connectivity index (χ2n) is 5.30. The van der Waals surface area contributed by atoms with Gasteiger partial charge in [0.25, 0.3) is 0 Å². The molecule has 2 N–H and O–H groups in total. The highest BCUT2D eigenvalue weighted by atomic mass is 79.9. The molecule has 0 aliphatic heterocycles. The van der Waals surface area contributed by atoms with Crippen molar-refractivity contribution < 1.29 is 4.79 Å². The van der Waals surface area contributed by atoms with Crippen molar-refractivity contribution in [2.75, 3.05) is 5.32 Å². The normalized spacial score (nSPS) is 10.4. The molecule has 0 saturated heterocycles. The van der Waals surface area contributed by atoms with Crippen LogP contribution >= 0.6 is 28.1 Å². The van der Waals surface area contributed by atoms with Crippen LogP contribution in [0.3, 0.4) is 0 Å². The molecule has 0 aliphatic carbocycles. The maximum absolute atomic E-state index is 12.3. The summed E-state index contributed by atoms with van der Waals surface area (Å²) in [6, 6.07) is 21.6. The molecule has 0 aliphatic rings. The molecule has 0 spiro atoms. The van der Waals surface area contributed by atoms with Crippen molar-refractivity contribution in [3.63, 3.8) is 0 Å². The standard InChI is InChI=1S/C19H15BrN2OS/c20-16-10-3-4-11-17(16)21-19(24)22-18(23)12-14-8-5-7-13-6-1-2-9-15(13)14/h1-11H,12H2,(H2,21,22,23,24). The number of anilines is 1. The van der Waals surface area contributed by atoms with Crippen LogP contribution in [0.1, 0.15) is 5.56 Å². The third-order valence-corrected chi connectivity index (χ3v) is 4.50. The SMILES string of the molecule is O=C(Cc1cccc2ccccc12)NC(=S)Nc1ccccc1Br. The van der Waals surface area contributed by atoms with Gasteiger partial charge in [-0.25, -0.2) is 0 Å². The molecular weight excluding hydrogens is 384 g/mol. The third-order valence-electron chi connectivity index (χ3n) is 3.61. The van der Waals surface area contributed by atoms with Gasteiger partial charge in [-0.15, -0.1) is 0 Å². The summed E-state index contributed by atoms with van der Waals surface area (Å²) in [5, 5.41) is 8.24. The van der Waals surface area contributed by atoms with Gasteiger partial charge in [0.15, 0.2) is 5.11 Å². The van der Waals surface area contributed by atoms with Gasteiger partial charge in [-0.1, -0.05) is 54.6 Å². The Labute approximate surface area is 154 Å². The first-order valence-electron chi connectivity index (χ1n) is 7.45. The van der Waals surface area contributed by atoms with E-state index >= 15 is 0 Å². The highest BCUT2D eigenvalue weighted by Gasteiger charge is 2.09. The molecule has 5 heteroatoms. The fourth-order valence-electron chi connectivity index (χ4n) is 2.51. The van der Waals surface area contributed by atoms with E-state index in [2.05, 4.69) is 26.6 Å². The molecule has 3 aromatic rings. The number of benzene rings is 3. The van der Waals surface area contributed by atoms with E-state index in [4.69, 9.17) is 12.2 Å². The molecule has 3 aromatic carbocycles. The number of para-hydroxylation sites is 1. The molecule has 0 heterocycles. The van der Waals surface area contributed by atoms with Crippen LogP contribution in [0.25, 0.3) is 10.8 Å². The Bertz CT molecular complexity index is 905. The molecule has 0 fully saturated rings. The van der Waals surface area contributed by atoms with E-state index in [0.717, 1.165) is 26.5 Å². The molecule has 0 aromatic heterocycles. The summed E-state index contributed by atoms with van der Waals surface area (Å²) in [7, 11) is 0. The number of amides is 1. The number of fused-ring (bicyclic) bond motifs is 1. The lowest BCUT2D eigenvalue weighted by Gasteiger charge is -2.11. The number of carbonyl (C=O) groups excluding carboxylic acids is 1. The Balaban J connectivity index is 1.67. The number of thiocarbonyl (C=S) groups is 1. The molecule has 1 amide bonds. The maximum atomic E-state index is 12.3. The monoisotopic (exact) mass is 398 g/mol. The van der Waals surface area contributed by atoms with Gasteiger partial charge in [0.2, 0.25) is 5.91 Å². The molecule has 120 valence electrons. The second kappa shape index (κ2) is 7.55. The van der Waals surface area contributed by atoms with E-state index in [9.17, 15) is 4.79 Å². The van der Waals surface area contributed by atoms with Crippen LogP contribution < -0.4 is 10.6 Å². The fourth-order valence-corrected chi connectivity index (χ4v) is 3.11. The van der Waals surface area contributed by atoms with Crippen LogP contribution in [0.5, 0.6) is 0 Å². The lowest BCUT2D eigenvalue weighted by atomic mass is 10.0. The van der Waals surface area contributed by atoms with Gasteiger partial charge >= 0.3 is 0 Å². The van der Waals surface area contributed by atoms with Crippen molar-refractivity contribution in [1.82, 2.24) is 5.32 Å². The highest BCUT2D eigenvalue weighted by molar-refractivity contribution is 9.10. The number of carbonyl (C=O) groups is 1. The first kappa shape index (κ1) is 16.6. The van der Waals surface area contributed by atoms with Crippen LogP contribution in [-0.4, -0.2) is 11.0 Å².